The van der Waals surface area contributed by atoms with Crippen LogP contribution in [0.25, 0.3) is 0 Å². The summed E-state index contributed by atoms with van der Waals surface area (Å²) in [5, 5.41) is 11.1. The number of hydrogen-bond donors (Lipinski definition) is 2. The fraction of sp³-hybridized carbons (Fsp3) is 0.364. The first-order valence-electron chi connectivity index (χ1n) is 5.71. The molecule has 0 aliphatic carbocycles. The summed E-state index contributed by atoms with van der Waals surface area (Å²) in [7, 11) is 0. The number of unbranched alkanes of at least 4 members (excludes halogenated alkanes) is 1. The number of halogens is 2. The summed E-state index contributed by atoms with van der Waals surface area (Å²) in [6.45, 7) is 0.219. The normalized spacial score (nSPS) is 10.2. The Kier molecular flexibility index (Phi) is 6.50. The Morgan fingerprint density at radius 2 is 2.00 bits per heavy atom. The lowest BCUT2D eigenvalue weighted by atomic mass is 10.2. The number of ether oxygens (including phenoxy) is 1. The number of nitro groups is 1. The van der Waals surface area contributed by atoms with Gasteiger partial charge in [-0.1, -0.05) is 23.2 Å². The summed E-state index contributed by atoms with van der Waals surface area (Å²) in [6, 6.07) is 2.44. The molecule has 9 heteroatoms. The fourth-order valence-corrected chi connectivity index (χ4v) is 1.73. The Morgan fingerprint density at radius 3 is 2.60 bits per heavy atom. The van der Waals surface area contributed by atoms with E-state index < -0.39 is 4.92 Å². The van der Waals surface area contributed by atoms with Crippen LogP contribution in [0, 0.1) is 10.1 Å². The van der Waals surface area contributed by atoms with E-state index >= 15 is 0 Å². The fourth-order valence-electron chi connectivity index (χ4n) is 1.42. The highest BCUT2D eigenvalue weighted by molar-refractivity contribution is 6.42. The molecule has 1 aromatic rings. The lowest BCUT2D eigenvalue weighted by molar-refractivity contribution is -0.385. The zero-order chi connectivity index (χ0) is 15.1. The zero-order valence-corrected chi connectivity index (χ0v) is 11.9. The largest absolute Gasteiger partial charge is 0.487 e. The monoisotopic (exact) mass is 321 g/mol. The molecule has 0 aromatic heterocycles. The van der Waals surface area contributed by atoms with Crippen LogP contribution in [0.5, 0.6) is 5.75 Å². The molecule has 0 aliphatic rings. The molecule has 0 aliphatic heterocycles. The topological polar surface area (TPSA) is 107 Å². The summed E-state index contributed by atoms with van der Waals surface area (Å²) in [5.74, 6) is 4.70. The Labute approximate surface area is 125 Å². The van der Waals surface area contributed by atoms with E-state index in [1.165, 1.54) is 6.07 Å². The quantitative estimate of drug-likeness (QED) is 0.263. The van der Waals surface area contributed by atoms with Gasteiger partial charge in [0.2, 0.25) is 5.91 Å². The molecule has 1 aromatic carbocycles. The number of amides is 1. The third kappa shape index (κ3) is 4.84. The van der Waals surface area contributed by atoms with Gasteiger partial charge in [-0.15, -0.1) is 0 Å². The second-order valence-electron chi connectivity index (χ2n) is 3.86. The van der Waals surface area contributed by atoms with Gasteiger partial charge in [-0.05, 0) is 12.8 Å². The van der Waals surface area contributed by atoms with Crippen molar-refractivity contribution in [2.24, 2.45) is 5.84 Å². The maximum Gasteiger partial charge on any atom is 0.312 e. The molecule has 0 saturated carbocycles. The van der Waals surface area contributed by atoms with Crippen molar-refractivity contribution in [1.29, 1.82) is 0 Å². The number of nitrogens with zero attached hydrogens (tertiary/aromatic N) is 1. The smallest absolute Gasteiger partial charge is 0.312 e. The second kappa shape index (κ2) is 7.88. The average molecular weight is 322 g/mol. The summed E-state index contributed by atoms with van der Waals surface area (Å²) in [4.78, 5) is 21.1. The number of nitro benzene ring substituents is 1. The maximum absolute atomic E-state index is 10.9. The SMILES string of the molecule is NNC(=O)CCCCOc1cc(Cl)c(Cl)cc1[N+](=O)[O-]. The van der Waals surface area contributed by atoms with Crippen LogP contribution in [0.15, 0.2) is 12.1 Å². The van der Waals surface area contributed by atoms with Gasteiger partial charge in [0.25, 0.3) is 0 Å². The van der Waals surface area contributed by atoms with Crippen LogP contribution >= 0.6 is 23.2 Å². The number of hydrogen-bond acceptors (Lipinski definition) is 5. The van der Waals surface area contributed by atoms with Crippen molar-refractivity contribution in [3.8, 4) is 5.75 Å². The van der Waals surface area contributed by atoms with Gasteiger partial charge in [0.15, 0.2) is 5.75 Å². The predicted octanol–water partition coefficient (Wildman–Crippen LogP) is 2.44. The highest BCUT2D eigenvalue weighted by Crippen LogP contribution is 2.35. The van der Waals surface area contributed by atoms with Crippen molar-refractivity contribution in [3.05, 3.63) is 32.3 Å². The summed E-state index contributed by atoms with van der Waals surface area (Å²) < 4.78 is 5.30. The van der Waals surface area contributed by atoms with Gasteiger partial charge >= 0.3 is 5.69 Å². The van der Waals surface area contributed by atoms with Crippen LogP contribution in [0.1, 0.15) is 19.3 Å². The first-order valence-corrected chi connectivity index (χ1v) is 6.47. The lowest BCUT2D eigenvalue weighted by Gasteiger charge is -2.07. The number of nitrogens with two attached hydrogens (primary N) is 1. The van der Waals surface area contributed by atoms with Crippen LogP contribution in [0.2, 0.25) is 10.0 Å². The molecule has 3 N–H and O–H groups in total. The predicted molar refractivity (Wildman–Crippen MR) is 74.8 cm³/mol. The molecular formula is C11H13Cl2N3O4. The number of carbonyl (C=O) groups excluding carboxylic acids is 1. The third-order valence-electron chi connectivity index (χ3n) is 2.42. The Hall–Kier alpha value is -1.57. The van der Waals surface area contributed by atoms with Gasteiger partial charge in [0.05, 0.1) is 21.6 Å². The lowest BCUT2D eigenvalue weighted by Crippen LogP contribution is -2.29. The zero-order valence-electron chi connectivity index (χ0n) is 10.4. The molecule has 0 fully saturated rings. The molecule has 0 saturated heterocycles. The molecule has 0 spiro atoms. The molecule has 0 radical (unpaired) electrons. The van der Waals surface area contributed by atoms with Gasteiger partial charge in [-0.3, -0.25) is 20.3 Å². The summed E-state index contributed by atoms with van der Waals surface area (Å²) in [5.41, 5.74) is 1.76. The number of hydrazine groups is 1. The van der Waals surface area contributed by atoms with Crippen LogP contribution in [-0.2, 0) is 4.79 Å². The van der Waals surface area contributed by atoms with E-state index in [1.54, 1.807) is 0 Å². The molecule has 0 atom stereocenters. The minimum Gasteiger partial charge on any atom is -0.487 e. The van der Waals surface area contributed by atoms with Crippen molar-refractivity contribution in [3.63, 3.8) is 0 Å². The second-order valence-corrected chi connectivity index (χ2v) is 4.68. The molecule has 110 valence electrons. The highest BCUT2D eigenvalue weighted by Gasteiger charge is 2.18. The van der Waals surface area contributed by atoms with Gasteiger partial charge in [-0.2, -0.15) is 0 Å². The van der Waals surface area contributed by atoms with Crippen molar-refractivity contribution in [1.82, 2.24) is 5.43 Å². The molecular weight excluding hydrogens is 309 g/mol. The van der Waals surface area contributed by atoms with Gasteiger partial charge in [-0.25, -0.2) is 5.84 Å². The van der Waals surface area contributed by atoms with Crippen molar-refractivity contribution < 1.29 is 14.5 Å². The molecule has 1 rings (SSSR count). The standard InChI is InChI=1S/C11H13Cl2N3O4/c12-7-5-9(16(18)19)10(6-8(7)13)20-4-2-1-3-11(17)15-14/h5-6H,1-4,14H2,(H,15,17). The molecule has 0 bridgehead atoms. The van der Waals surface area contributed by atoms with E-state index in [-0.39, 0.29) is 40.4 Å². The Morgan fingerprint density at radius 1 is 1.35 bits per heavy atom. The summed E-state index contributed by atoms with van der Waals surface area (Å²) in [6.07, 6.45) is 1.37. The number of benzene rings is 1. The third-order valence-corrected chi connectivity index (χ3v) is 3.14. The Balaban J connectivity index is 2.57. The van der Waals surface area contributed by atoms with Gasteiger partial charge < -0.3 is 4.74 Å². The van der Waals surface area contributed by atoms with E-state index in [9.17, 15) is 14.9 Å². The van der Waals surface area contributed by atoms with Gasteiger partial charge in [0.1, 0.15) is 0 Å². The first-order chi connectivity index (χ1) is 9.45. The van der Waals surface area contributed by atoms with E-state index in [1.807, 2.05) is 5.43 Å². The molecule has 1 amide bonds. The number of rotatable bonds is 7. The van der Waals surface area contributed by atoms with Crippen LogP contribution in [0.4, 0.5) is 5.69 Å². The van der Waals surface area contributed by atoms with E-state index in [4.69, 9.17) is 33.8 Å². The molecule has 7 nitrogen and oxygen atoms in total. The number of carbonyl (C=O) groups is 1. The summed E-state index contributed by atoms with van der Waals surface area (Å²) >= 11 is 11.5. The van der Waals surface area contributed by atoms with Crippen LogP contribution in [0.3, 0.4) is 0 Å². The van der Waals surface area contributed by atoms with Crippen molar-refractivity contribution in [2.75, 3.05) is 6.61 Å². The molecule has 0 heterocycles. The van der Waals surface area contributed by atoms with Crippen LogP contribution < -0.4 is 16.0 Å². The highest BCUT2D eigenvalue weighted by atomic mass is 35.5. The van der Waals surface area contributed by atoms with Crippen molar-refractivity contribution in [2.45, 2.75) is 19.3 Å². The first kappa shape index (κ1) is 16.5. The van der Waals surface area contributed by atoms with E-state index in [0.717, 1.165) is 6.07 Å². The number of nitrogens with one attached hydrogen (secondary N) is 1. The average Bonchev–Trinajstić information content (AvgIpc) is 2.41. The Bertz CT molecular complexity index is 511. The molecule has 20 heavy (non-hydrogen) atoms. The maximum atomic E-state index is 10.9. The van der Waals surface area contributed by atoms with Gasteiger partial charge in [0, 0.05) is 18.6 Å². The minimum atomic E-state index is -0.598. The van der Waals surface area contributed by atoms with E-state index in [2.05, 4.69) is 0 Å². The van der Waals surface area contributed by atoms with E-state index in [0.29, 0.717) is 12.8 Å². The van der Waals surface area contributed by atoms with Crippen molar-refractivity contribution >= 4 is 34.8 Å². The van der Waals surface area contributed by atoms with Crippen LogP contribution in [-0.4, -0.2) is 17.4 Å². The minimum absolute atomic E-state index is 0.0488. The molecule has 0 unspecified atom stereocenters.